The summed E-state index contributed by atoms with van der Waals surface area (Å²) >= 11 is 1.42. The van der Waals surface area contributed by atoms with Crippen molar-refractivity contribution in [3.05, 3.63) is 65.7 Å². The molecule has 6 nitrogen and oxygen atoms in total. The van der Waals surface area contributed by atoms with Crippen molar-refractivity contribution in [3.63, 3.8) is 0 Å². The molecule has 2 amide bonds. The van der Waals surface area contributed by atoms with Crippen molar-refractivity contribution in [2.24, 2.45) is 0 Å². The molecule has 0 atom stereocenters. The molecule has 0 aromatic heterocycles. The smallest absolute Gasteiger partial charge is 0.409 e. The van der Waals surface area contributed by atoms with Crippen molar-refractivity contribution in [2.75, 3.05) is 25.4 Å². The molecule has 2 aromatic rings. The number of rotatable bonds is 7. The Morgan fingerprint density at radius 1 is 1.03 bits per heavy atom. The SMILES string of the molecule is CCOC(=O)N1CCC(NC(=O)c2cccc(SCC(=O)c3ccccc3)c2)CC1. The van der Waals surface area contributed by atoms with Crippen molar-refractivity contribution < 1.29 is 19.1 Å². The van der Waals surface area contributed by atoms with Gasteiger partial charge in [0.15, 0.2) is 5.78 Å². The molecule has 0 aliphatic carbocycles. The van der Waals surface area contributed by atoms with Gasteiger partial charge in [0.05, 0.1) is 12.4 Å². The van der Waals surface area contributed by atoms with Crippen molar-refractivity contribution in [2.45, 2.75) is 30.7 Å². The second-order valence-corrected chi connectivity index (χ2v) is 8.09. The lowest BCUT2D eigenvalue weighted by molar-refractivity contribution is 0.0859. The molecule has 1 aliphatic heterocycles. The van der Waals surface area contributed by atoms with E-state index >= 15 is 0 Å². The lowest BCUT2D eigenvalue weighted by Crippen LogP contribution is -2.46. The maximum atomic E-state index is 12.7. The van der Waals surface area contributed by atoms with Gasteiger partial charge in [0.2, 0.25) is 0 Å². The number of carbonyl (C=O) groups is 3. The van der Waals surface area contributed by atoms with Gasteiger partial charge in [-0.05, 0) is 38.0 Å². The van der Waals surface area contributed by atoms with E-state index in [0.29, 0.717) is 49.4 Å². The van der Waals surface area contributed by atoms with Crippen molar-refractivity contribution in [1.82, 2.24) is 10.2 Å². The third-order valence-electron chi connectivity index (χ3n) is 4.92. The van der Waals surface area contributed by atoms with Crippen LogP contribution >= 0.6 is 11.8 Å². The molecule has 1 N–H and O–H groups in total. The molecule has 30 heavy (non-hydrogen) atoms. The van der Waals surface area contributed by atoms with Crippen LogP contribution in [0, 0.1) is 0 Å². The fraction of sp³-hybridized carbons (Fsp3) is 0.348. The van der Waals surface area contributed by atoms with E-state index in [0.717, 1.165) is 4.90 Å². The van der Waals surface area contributed by atoms with Gasteiger partial charge in [-0.15, -0.1) is 11.8 Å². The first-order valence-corrected chi connectivity index (χ1v) is 11.1. The topological polar surface area (TPSA) is 75.7 Å². The summed E-state index contributed by atoms with van der Waals surface area (Å²) < 4.78 is 5.02. The number of nitrogens with one attached hydrogen (secondary N) is 1. The Kier molecular flexibility index (Phi) is 7.90. The molecule has 7 heteroatoms. The van der Waals surface area contributed by atoms with Gasteiger partial charge in [-0.3, -0.25) is 9.59 Å². The van der Waals surface area contributed by atoms with Gasteiger partial charge in [0.25, 0.3) is 5.91 Å². The fourth-order valence-corrected chi connectivity index (χ4v) is 4.12. The molecule has 2 aromatic carbocycles. The predicted molar refractivity (Wildman–Crippen MR) is 117 cm³/mol. The highest BCUT2D eigenvalue weighted by molar-refractivity contribution is 8.00. The lowest BCUT2D eigenvalue weighted by atomic mass is 10.0. The molecule has 1 saturated heterocycles. The Hall–Kier alpha value is -2.80. The molecule has 0 unspecified atom stereocenters. The summed E-state index contributed by atoms with van der Waals surface area (Å²) in [5.74, 6) is 0.242. The monoisotopic (exact) mass is 426 g/mol. The van der Waals surface area contributed by atoms with E-state index in [1.54, 1.807) is 30.0 Å². The summed E-state index contributed by atoms with van der Waals surface area (Å²) in [6.45, 7) is 3.29. The molecular weight excluding hydrogens is 400 g/mol. The van der Waals surface area contributed by atoms with Crippen molar-refractivity contribution in [3.8, 4) is 0 Å². The van der Waals surface area contributed by atoms with Crippen molar-refractivity contribution in [1.29, 1.82) is 0 Å². The third-order valence-corrected chi connectivity index (χ3v) is 5.91. The van der Waals surface area contributed by atoms with Crippen LogP contribution in [0.15, 0.2) is 59.5 Å². The number of likely N-dealkylation sites (tertiary alicyclic amines) is 1. The maximum Gasteiger partial charge on any atom is 0.409 e. The van der Waals surface area contributed by atoms with Crippen LogP contribution < -0.4 is 5.32 Å². The Bertz CT molecular complexity index is 880. The van der Waals surface area contributed by atoms with Gasteiger partial charge in [-0.25, -0.2) is 4.79 Å². The molecule has 0 bridgehead atoms. The zero-order valence-corrected chi connectivity index (χ0v) is 17.8. The van der Waals surface area contributed by atoms with Crippen LogP contribution in [-0.4, -0.2) is 54.2 Å². The molecule has 0 radical (unpaired) electrons. The van der Waals surface area contributed by atoms with Gasteiger partial charge >= 0.3 is 6.09 Å². The number of hydrogen-bond donors (Lipinski definition) is 1. The molecule has 0 spiro atoms. The second-order valence-electron chi connectivity index (χ2n) is 7.04. The minimum Gasteiger partial charge on any atom is -0.450 e. The molecule has 158 valence electrons. The zero-order chi connectivity index (χ0) is 21.3. The number of ether oxygens (including phenoxy) is 1. The molecule has 0 saturated carbocycles. The number of piperidine rings is 1. The van der Waals surface area contributed by atoms with Gasteiger partial charge in [-0.1, -0.05) is 36.4 Å². The minimum atomic E-state index is -0.294. The van der Waals surface area contributed by atoms with E-state index in [-0.39, 0.29) is 23.8 Å². The van der Waals surface area contributed by atoms with Crippen LogP contribution in [0.5, 0.6) is 0 Å². The number of thioether (sulfide) groups is 1. The highest BCUT2D eigenvalue weighted by Gasteiger charge is 2.24. The van der Waals surface area contributed by atoms with E-state index in [1.807, 2.05) is 36.4 Å². The molecule has 1 aliphatic rings. The van der Waals surface area contributed by atoms with E-state index in [4.69, 9.17) is 4.74 Å². The predicted octanol–water partition coefficient (Wildman–Crippen LogP) is 4.01. The first-order valence-electron chi connectivity index (χ1n) is 10.1. The van der Waals surface area contributed by atoms with E-state index < -0.39 is 0 Å². The summed E-state index contributed by atoms with van der Waals surface area (Å²) in [5, 5.41) is 3.05. The molecular formula is C23H26N2O4S. The number of Topliss-reactive ketones (excluding diaryl/α,β-unsaturated/α-hetero) is 1. The molecule has 3 rings (SSSR count). The Labute approximate surface area is 181 Å². The minimum absolute atomic E-state index is 0.0270. The maximum absolute atomic E-state index is 12.7. The first-order chi connectivity index (χ1) is 14.6. The van der Waals surface area contributed by atoms with Gasteiger partial charge in [0.1, 0.15) is 0 Å². The molecule has 1 fully saturated rings. The third kappa shape index (κ3) is 6.10. The number of benzene rings is 2. The summed E-state index contributed by atoms with van der Waals surface area (Å²) in [4.78, 5) is 39.3. The van der Waals surface area contributed by atoms with Crippen molar-refractivity contribution >= 4 is 29.5 Å². The van der Waals surface area contributed by atoms with Crippen LogP contribution in [0.1, 0.15) is 40.5 Å². The highest BCUT2D eigenvalue weighted by Crippen LogP contribution is 2.21. The van der Waals surface area contributed by atoms with Gasteiger partial charge in [-0.2, -0.15) is 0 Å². The standard InChI is InChI=1S/C23H26N2O4S/c1-2-29-23(28)25-13-11-19(12-14-25)24-22(27)18-9-6-10-20(15-18)30-16-21(26)17-7-4-3-5-8-17/h3-10,15,19H,2,11-14,16H2,1H3,(H,24,27). The number of ketones is 1. The number of nitrogens with zero attached hydrogens (tertiary/aromatic N) is 1. The lowest BCUT2D eigenvalue weighted by Gasteiger charge is -2.31. The normalized spacial score (nSPS) is 14.2. The van der Waals surface area contributed by atoms with E-state index in [1.165, 1.54) is 11.8 Å². The zero-order valence-electron chi connectivity index (χ0n) is 17.0. The second kappa shape index (κ2) is 10.8. The average Bonchev–Trinajstić information content (AvgIpc) is 2.79. The van der Waals surface area contributed by atoms with Crippen LogP contribution in [0.4, 0.5) is 4.79 Å². The summed E-state index contributed by atoms with van der Waals surface area (Å²) in [6, 6.07) is 16.5. The van der Waals surface area contributed by atoms with Crippen LogP contribution in [0.3, 0.4) is 0 Å². The van der Waals surface area contributed by atoms with E-state index in [9.17, 15) is 14.4 Å². The number of hydrogen-bond acceptors (Lipinski definition) is 5. The molecule has 1 heterocycles. The Morgan fingerprint density at radius 3 is 2.43 bits per heavy atom. The number of carbonyl (C=O) groups excluding carboxylic acids is 3. The quantitative estimate of drug-likeness (QED) is 0.535. The van der Waals surface area contributed by atoms with E-state index in [2.05, 4.69) is 5.32 Å². The summed E-state index contributed by atoms with van der Waals surface area (Å²) in [7, 11) is 0. The van der Waals surface area contributed by atoms with Gasteiger partial charge in [0, 0.05) is 35.2 Å². The highest BCUT2D eigenvalue weighted by atomic mass is 32.2. The Balaban J connectivity index is 1.50. The summed E-state index contributed by atoms with van der Waals surface area (Å²) in [6.07, 6.45) is 1.10. The first kappa shape index (κ1) is 21.9. The fourth-order valence-electron chi connectivity index (χ4n) is 3.27. The van der Waals surface area contributed by atoms with Crippen LogP contribution in [0.25, 0.3) is 0 Å². The van der Waals surface area contributed by atoms with Gasteiger partial charge < -0.3 is 15.0 Å². The average molecular weight is 427 g/mol. The Morgan fingerprint density at radius 2 is 1.73 bits per heavy atom. The largest absolute Gasteiger partial charge is 0.450 e. The summed E-state index contributed by atoms with van der Waals surface area (Å²) in [5.41, 5.74) is 1.26. The van der Waals surface area contributed by atoms with Crippen LogP contribution in [-0.2, 0) is 4.74 Å². The number of amides is 2. The van der Waals surface area contributed by atoms with Crippen LogP contribution in [0.2, 0.25) is 0 Å².